The van der Waals surface area contributed by atoms with Crippen LogP contribution in [0.1, 0.15) is 5.56 Å². The van der Waals surface area contributed by atoms with Gasteiger partial charge in [-0.2, -0.15) is 4.98 Å². The fraction of sp³-hybridized carbons (Fsp3) is 0.304. The highest BCUT2D eigenvalue weighted by molar-refractivity contribution is 7.64. The Bertz CT molecular complexity index is 1030. The van der Waals surface area contributed by atoms with E-state index in [1.807, 2.05) is 30.3 Å². The number of benzene rings is 2. The Kier molecular flexibility index (Phi) is 8.08. The topological polar surface area (TPSA) is 62.3 Å². The lowest BCUT2D eigenvalue weighted by molar-refractivity contribution is 0.408. The molecule has 8 heteroatoms. The van der Waals surface area contributed by atoms with Crippen molar-refractivity contribution in [3.05, 3.63) is 59.2 Å². The van der Waals surface area contributed by atoms with E-state index in [0.717, 1.165) is 30.1 Å². The summed E-state index contributed by atoms with van der Waals surface area (Å²) in [5.74, 6) is 1.75. The SMILES string of the molecule is COc1cc(CCN(C)C)ccc1Nc1ncc(Cl)c(Nc2ccccc2P(C)C)n1. The Morgan fingerprint density at radius 2 is 1.84 bits per heavy atom. The van der Waals surface area contributed by atoms with Crippen molar-refractivity contribution in [3.8, 4) is 5.75 Å². The number of hydrogen-bond donors (Lipinski definition) is 2. The molecular weight excluding hydrogens is 429 g/mol. The van der Waals surface area contributed by atoms with Gasteiger partial charge in [0.1, 0.15) is 10.8 Å². The molecule has 164 valence electrons. The monoisotopic (exact) mass is 457 g/mol. The molecule has 6 nitrogen and oxygen atoms in total. The quantitative estimate of drug-likeness (QED) is 0.436. The summed E-state index contributed by atoms with van der Waals surface area (Å²) < 4.78 is 5.59. The van der Waals surface area contributed by atoms with Crippen molar-refractivity contribution in [3.63, 3.8) is 0 Å². The first kappa shape index (κ1) is 23.3. The minimum absolute atomic E-state index is 0.271. The van der Waals surface area contributed by atoms with Gasteiger partial charge in [-0.05, 0) is 62.9 Å². The lowest BCUT2D eigenvalue weighted by atomic mass is 10.1. The molecule has 0 spiro atoms. The Morgan fingerprint density at radius 3 is 2.55 bits per heavy atom. The summed E-state index contributed by atoms with van der Waals surface area (Å²) in [6.45, 7) is 5.42. The molecular formula is C23H29ClN5OP. The molecule has 2 N–H and O–H groups in total. The first-order valence-corrected chi connectivity index (χ1v) is 12.6. The van der Waals surface area contributed by atoms with Gasteiger partial charge in [0.25, 0.3) is 0 Å². The number of aromatic nitrogens is 2. The van der Waals surface area contributed by atoms with Gasteiger partial charge in [0.15, 0.2) is 5.82 Å². The summed E-state index contributed by atoms with van der Waals surface area (Å²) in [7, 11) is 5.53. The van der Waals surface area contributed by atoms with E-state index in [0.29, 0.717) is 16.8 Å². The Labute approximate surface area is 190 Å². The number of likely N-dealkylation sites (N-methyl/N-ethyl adjacent to an activating group) is 1. The van der Waals surface area contributed by atoms with Gasteiger partial charge < -0.3 is 20.3 Å². The zero-order valence-electron chi connectivity index (χ0n) is 18.6. The fourth-order valence-electron chi connectivity index (χ4n) is 3.08. The third-order valence-electron chi connectivity index (χ3n) is 4.74. The van der Waals surface area contributed by atoms with Crippen LogP contribution in [0.25, 0.3) is 0 Å². The average Bonchev–Trinajstić information content (AvgIpc) is 2.75. The largest absolute Gasteiger partial charge is 0.495 e. The number of ether oxygens (including phenoxy) is 1. The Hall–Kier alpha value is -2.40. The maximum Gasteiger partial charge on any atom is 0.229 e. The molecule has 0 unspecified atom stereocenters. The molecule has 1 aromatic heterocycles. The molecule has 1 heterocycles. The van der Waals surface area contributed by atoms with Crippen molar-refractivity contribution in [2.75, 3.05) is 51.7 Å². The molecule has 31 heavy (non-hydrogen) atoms. The lowest BCUT2D eigenvalue weighted by Crippen LogP contribution is -2.15. The predicted molar refractivity (Wildman–Crippen MR) is 134 cm³/mol. The molecule has 0 aliphatic carbocycles. The molecule has 0 bridgehead atoms. The fourth-order valence-corrected chi connectivity index (χ4v) is 4.21. The van der Waals surface area contributed by atoms with Gasteiger partial charge in [0.2, 0.25) is 5.95 Å². The molecule has 3 rings (SSSR count). The number of para-hydroxylation sites is 1. The summed E-state index contributed by atoms with van der Waals surface area (Å²) in [6, 6.07) is 14.3. The van der Waals surface area contributed by atoms with E-state index in [-0.39, 0.29) is 7.92 Å². The molecule has 0 aliphatic rings. The van der Waals surface area contributed by atoms with Crippen LogP contribution >= 0.6 is 19.5 Å². The second kappa shape index (κ2) is 10.8. The third kappa shape index (κ3) is 6.30. The van der Waals surface area contributed by atoms with Crippen LogP contribution in [-0.4, -0.2) is 55.9 Å². The van der Waals surface area contributed by atoms with E-state index in [1.54, 1.807) is 13.3 Å². The van der Waals surface area contributed by atoms with Crippen LogP contribution in [0.4, 0.5) is 23.1 Å². The second-order valence-electron chi connectivity index (χ2n) is 7.64. The number of nitrogens with one attached hydrogen (secondary N) is 2. The normalized spacial score (nSPS) is 11.1. The van der Waals surface area contributed by atoms with Crippen molar-refractivity contribution >= 4 is 48.0 Å². The summed E-state index contributed by atoms with van der Waals surface area (Å²) in [5, 5.41) is 8.35. The number of nitrogens with zero attached hydrogens (tertiary/aromatic N) is 3. The number of hydrogen-bond acceptors (Lipinski definition) is 6. The van der Waals surface area contributed by atoms with Crippen molar-refractivity contribution in [2.24, 2.45) is 0 Å². The maximum absolute atomic E-state index is 6.38. The Balaban J connectivity index is 1.82. The highest BCUT2D eigenvalue weighted by Gasteiger charge is 2.12. The van der Waals surface area contributed by atoms with Gasteiger partial charge in [0, 0.05) is 12.2 Å². The first-order valence-electron chi connectivity index (χ1n) is 10.0. The van der Waals surface area contributed by atoms with E-state index in [2.05, 4.69) is 65.1 Å². The molecule has 0 amide bonds. The smallest absolute Gasteiger partial charge is 0.229 e. The highest BCUT2D eigenvalue weighted by Crippen LogP contribution is 2.32. The average molecular weight is 458 g/mol. The molecule has 0 saturated carbocycles. The van der Waals surface area contributed by atoms with E-state index in [9.17, 15) is 0 Å². The lowest BCUT2D eigenvalue weighted by Gasteiger charge is -2.16. The van der Waals surface area contributed by atoms with Gasteiger partial charge in [-0.3, -0.25) is 0 Å². The summed E-state index contributed by atoms with van der Waals surface area (Å²) in [6.07, 6.45) is 2.55. The van der Waals surface area contributed by atoms with Gasteiger partial charge >= 0.3 is 0 Å². The number of anilines is 4. The third-order valence-corrected chi connectivity index (χ3v) is 6.37. The van der Waals surface area contributed by atoms with Crippen LogP contribution < -0.4 is 20.7 Å². The van der Waals surface area contributed by atoms with E-state index >= 15 is 0 Å². The number of halogens is 1. The van der Waals surface area contributed by atoms with E-state index in [1.165, 1.54) is 10.9 Å². The summed E-state index contributed by atoms with van der Waals surface area (Å²) in [5.41, 5.74) is 3.02. The Morgan fingerprint density at radius 1 is 1.06 bits per heavy atom. The van der Waals surface area contributed by atoms with Gasteiger partial charge in [0.05, 0.1) is 19.0 Å². The van der Waals surface area contributed by atoms with Crippen LogP contribution in [-0.2, 0) is 6.42 Å². The summed E-state index contributed by atoms with van der Waals surface area (Å²) >= 11 is 6.38. The predicted octanol–water partition coefficient (Wildman–Crippen LogP) is 5.10. The molecule has 0 saturated heterocycles. The summed E-state index contributed by atoms with van der Waals surface area (Å²) in [4.78, 5) is 11.1. The molecule has 2 aromatic carbocycles. The zero-order chi connectivity index (χ0) is 22.4. The minimum atomic E-state index is -0.271. The number of rotatable bonds is 9. The van der Waals surface area contributed by atoms with E-state index in [4.69, 9.17) is 16.3 Å². The molecule has 0 atom stereocenters. The van der Waals surface area contributed by atoms with Gasteiger partial charge in [-0.1, -0.05) is 43.8 Å². The molecule has 3 aromatic rings. The van der Waals surface area contributed by atoms with E-state index < -0.39 is 0 Å². The maximum atomic E-state index is 6.38. The van der Waals surface area contributed by atoms with Gasteiger partial charge in [-0.25, -0.2) is 4.98 Å². The second-order valence-corrected chi connectivity index (χ2v) is 10.3. The van der Waals surface area contributed by atoms with Crippen molar-refractivity contribution in [2.45, 2.75) is 6.42 Å². The van der Waals surface area contributed by atoms with Crippen LogP contribution in [0.2, 0.25) is 5.02 Å². The molecule has 0 radical (unpaired) electrons. The van der Waals surface area contributed by atoms with Crippen LogP contribution in [0, 0.1) is 0 Å². The van der Waals surface area contributed by atoms with Crippen molar-refractivity contribution in [1.29, 1.82) is 0 Å². The van der Waals surface area contributed by atoms with Gasteiger partial charge in [-0.15, -0.1) is 0 Å². The van der Waals surface area contributed by atoms with Crippen LogP contribution in [0.3, 0.4) is 0 Å². The van der Waals surface area contributed by atoms with Crippen molar-refractivity contribution in [1.82, 2.24) is 14.9 Å². The molecule has 0 fully saturated rings. The molecule has 0 aliphatic heterocycles. The van der Waals surface area contributed by atoms with Crippen molar-refractivity contribution < 1.29 is 4.74 Å². The number of methoxy groups -OCH3 is 1. The van der Waals surface area contributed by atoms with Crippen LogP contribution in [0.15, 0.2) is 48.7 Å². The first-order chi connectivity index (χ1) is 14.9. The zero-order valence-corrected chi connectivity index (χ0v) is 20.3. The minimum Gasteiger partial charge on any atom is -0.495 e. The highest BCUT2D eigenvalue weighted by atomic mass is 35.5. The standard InChI is InChI=1S/C23H29ClN5OP/c1-29(2)13-12-16-10-11-18(20(14-16)30-3)27-23-25-15-17(24)22(28-23)26-19-8-6-7-9-21(19)31(4)5/h6-11,14-15H,12-13H2,1-5H3,(H2,25,26,27,28). The van der Waals surface area contributed by atoms with Crippen LogP contribution in [0.5, 0.6) is 5.75 Å².